The van der Waals surface area contributed by atoms with Gasteiger partial charge in [-0.2, -0.15) is 0 Å². The normalized spacial score (nSPS) is 11.2. The van der Waals surface area contributed by atoms with Gasteiger partial charge in [-0.3, -0.25) is 9.78 Å². The zero-order valence-corrected chi connectivity index (χ0v) is 15.6. The number of hydrogen-bond acceptors (Lipinski definition) is 3. The molecule has 0 bridgehead atoms. The fourth-order valence-corrected chi connectivity index (χ4v) is 3.53. The van der Waals surface area contributed by atoms with Gasteiger partial charge in [-0.1, -0.05) is 18.2 Å². The first-order chi connectivity index (χ1) is 13.1. The van der Waals surface area contributed by atoms with Gasteiger partial charge in [-0.15, -0.1) is 0 Å². The van der Waals surface area contributed by atoms with Crippen LogP contribution in [0.4, 0.5) is 5.69 Å². The molecule has 0 unspecified atom stereocenters. The summed E-state index contributed by atoms with van der Waals surface area (Å²) in [7, 11) is 0. The minimum absolute atomic E-state index is 0.00891. The second kappa shape index (κ2) is 7.19. The third-order valence-corrected chi connectivity index (χ3v) is 4.75. The molecule has 27 heavy (non-hydrogen) atoms. The van der Waals surface area contributed by atoms with E-state index in [9.17, 15) is 4.79 Å². The lowest BCUT2D eigenvalue weighted by Gasteiger charge is -2.10. The van der Waals surface area contributed by atoms with Crippen molar-refractivity contribution in [2.45, 2.75) is 33.2 Å². The molecule has 1 N–H and O–H groups in total. The van der Waals surface area contributed by atoms with Crippen molar-refractivity contribution in [3.05, 3.63) is 66.1 Å². The second-order valence-electron chi connectivity index (χ2n) is 6.84. The van der Waals surface area contributed by atoms with Crippen molar-refractivity contribution in [1.29, 1.82) is 0 Å². The van der Waals surface area contributed by atoms with Crippen LogP contribution in [0.15, 0.2) is 54.7 Å². The van der Waals surface area contributed by atoms with E-state index in [1.54, 1.807) is 6.20 Å². The van der Waals surface area contributed by atoms with Crippen LogP contribution in [0.25, 0.3) is 21.9 Å². The number of rotatable bonds is 5. The molecular weight excluding hydrogens is 336 g/mol. The first kappa shape index (κ1) is 17.2. The minimum atomic E-state index is 0.00891. The Morgan fingerprint density at radius 3 is 2.85 bits per heavy atom. The molecule has 0 aliphatic carbocycles. The molecule has 4 rings (SSSR count). The Balaban J connectivity index is 1.44. The van der Waals surface area contributed by atoms with Gasteiger partial charge in [0, 0.05) is 24.5 Å². The van der Waals surface area contributed by atoms with Crippen molar-refractivity contribution in [3.63, 3.8) is 0 Å². The average Bonchev–Trinajstić information content (AvgIpc) is 2.97. The number of imidazole rings is 1. The van der Waals surface area contributed by atoms with Crippen molar-refractivity contribution in [1.82, 2.24) is 14.5 Å². The van der Waals surface area contributed by atoms with E-state index < -0.39 is 0 Å². The molecule has 0 aliphatic rings. The van der Waals surface area contributed by atoms with Gasteiger partial charge in [0.05, 0.1) is 22.2 Å². The Morgan fingerprint density at radius 2 is 1.96 bits per heavy atom. The smallest absolute Gasteiger partial charge is 0.224 e. The number of aryl methyl sites for hydroxylation is 3. The number of benzene rings is 2. The molecule has 5 nitrogen and oxygen atoms in total. The summed E-state index contributed by atoms with van der Waals surface area (Å²) >= 11 is 0. The molecule has 136 valence electrons. The lowest BCUT2D eigenvalue weighted by atomic mass is 10.1. The van der Waals surface area contributed by atoms with Crippen LogP contribution in [-0.4, -0.2) is 20.4 Å². The molecule has 2 aromatic carbocycles. The molecule has 5 heteroatoms. The zero-order chi connectivity index (χ0) is 18.8. The number of carbonyl (C=O) groups excluding carboxylic acids is 1. The van der Waals surface area contributed by atoms with Crippen molar-refractivity contribution < 1.29 is 4.79 Å². The second-order valence-corrected chi connectivity index (χ2v) is 6.84. The van der Waals surface area contributed by atoms with E-state index in [2.05, 4.69) is 32.0 Å². The van der Waals surface area contributed by atoms with E-state index >= 15 is 0 Å². The van der Waals surface area contributed by atoms with Crippen LogP contribution in [0.1, 0.15) is 24.2 Å². The fraction of sp³-hybridized carbons (Fsp3) is 0.227. The third kappa shape index (κ3) is 3.53. The summed E-state index contributed by atoms with van der Waals surface area (Å²) in [6.07, 6.45) is 2.96. The molecule has 2 heterocycles. The van der Waals surface area contributed by atoms with Crippen molar-refractivity contribution in [2.24, 2.45) is 0 Å². The molecule has 0 fully saturated rings. The van der Waals surface area contributed by atoms with E-state index in [1.165, 1.54) is 0 Å². The molecule has 4 aromatic rings. The number of hydrogen-bond donors (Lipinski definition) is 1. The van der Waals surface area contributed by atoms with E-state index in [0.717, 1.165) is 52.0 Å². The summed E-state index contributed by atoms with van der Waals surface area (Å²) in [5, 5.41) is 4.07. The summed E-state index contributed by atoms with van der Waals surface area (Å²) in [6, 6.07) is 16.1. The molecule has 0 saturated heterocycles. The van der Waals surface area contributed by atoms with Crippen LogP contribution in [-0.2, 0) is 11.3 Å². The molecule has 2 aromatic heterocycles. The topological polar surface area (TPSA) is 59.8 Å². The molecular formula is C22H22N4O. The number of nitrogens with one attached hydrogen (secondary N) is 1. The largest absolute Gasteiger partial charge is 0.328 e. The number of nitrogens with zero attached hydrogens (tertiary/aromatic N) is 3. The third-order valence-electron chi connectivity index (χ3n) is 4.75. The van der Waals surface area contributed by atoms with E-state index in [-0.39, 0.29) is 5.91 Å². The molecule has 0 aliphatic heterocycles. The highest BCUT2D eigenvalue weighted by atomic mass is 16.1. The molecule has 1 amide bonds. The highest BCUT2D eigenvalue weighted by molar-refractivity contribution is 6.00. The highest BCUT2D eigenvalue weighted by Crippen LogP contribution is 2.23. The standard InChI is InChI=1S/C22H22N4O/c1-15-13-17-7-5-11-23-22(17)19(14-15)25-21(27)10-6-12-26-16(2)24-18-8-3-4-9-20(18)26/h3-5,7-9,11,13-14H,6,10,12H2,1-2H3,(H,25,27). The van der Waals surface area contributed by atoms with Gasteiger partial charge < -0.3 is 9.88 Å². The predicted octanol–water partition coefficient (Wildman–Crippen LogP) is 4.62. The van der Waals surface area contributed by atoms with Crippen molar-refractivity contribution in [3.8, 4) is 0 Å². The summed E-state index contributed by atoms with van der Waals surface area (Å²) in [4.78, 5) is 21.5. The van der Waals surface area contributed by atoms with Crippen LogP contribution in [0.2, 0.25) is 0 Å². The number of amides is 1. The van der Waals surface area contributed by atoms with Gasteiger partial charge >= 0.3 is 0 Å². The van der Waals surface area contributed by atoms with Crippen LogP contribution in [0.3, 0.4) is 0 Å². The number of anilines is 1. The van der Waals surface area contributed by atoms with Crippen LogP contribution < -0.4 is 5.32 Å². The van der Waals surface area contributed by atoms with E-state index in [1.807, 2.05) is 50.2 Å². The summed E-state index contributed by atoms with van der Waals surface area (Å²) < 4.78 is 2.17. The number of aromatic nitrogens is 3. The van der Waals surface area contributed by atoms with Crippen LogP contribution >= 0.6 is 0 Å². The van der Waals surface area contributed by atoms with Gasteiger partial charge in [-0.05, 0) is 56.2 Å². The van der Waals surface area contributed by atoms with E-state index in [4.69, 9.17) is 0 Å². The Kier molecular flexibility index (Phi) is 4.59. The Hall–Kier alpha value is -3.21. The molecule has 0 radical (unpaired) electrons. The average molecular weight is 358 g/mol. The highest BCUT2D eigenvalue weighted by Gasteiger charge is 2.10. The fourth-order valence-electron chi connectivity index (χ4n) is 3.53. The zero-order valence-electron chi connectivity index (χ0n) is 15.6. The minimum Gasteiger partial charge on any atom is -0.328 e. The summed E-state index contributed by atoms with van der Waals surface area (Å²) in [5.41, 5.74) is 4.82. The van der Waals surface area contributed by atoms with Crippen LogP contribution in [0.5, 0.6) is 0 Å². The lowest BCUT2D eigenvalue weighted by Crippen LogP contribution is -2.13. The van der Waals surface area contributed by atoms with Gasteiger partial charge in [-0.25, -0.2) is 4.98 Å². The SMILES string of the molecule is Cc1cc(NC(=O)CCCn2c(C)nc3ccccc32)c2ncccc2c1. The summed E-state index contributed by atoms with van der Waals surface area (Å²) in [5.74, 6) is 0.986. The maximum atomic E-state index is 12.5. The van der Waals surface area contributed by atoms with Gasteiger partial charge in [0.25, 0.3) is 0 Å². The number of fused-ring (bicyclic) bond motifs is 2. The predicted molar refractivity (Wildman–Crippen MR) is 109 cm³/mol. The molecule has 0 saturated carbocycles. The van der Waals surface area contributed by atoms with E-state index in [0.29, 0.717) is 6.42 Å². The number of para-hydroxylation sites is 2. The number of carbonyl (C=O) groups is 1. The Morgan fingerprint density at radius 1 is 1.11 bits per heavy atom. The van der Waals surface area contributed by atoms with Crippen LogP contribution in [0, 0.1) is 13.8 Å². The van der Waals surface area contributed by atoms with Crippen molar-refractivity contribution >= 4 is 33.5 Å². The van der Waals surface area contributed by atoms with Crippen molar-refractivity contribution in [2.75, 3.05) is 5.32 Å². The first-order valence-corrected chi connectivity index (χ1v) is 9.19. The monoisotopic (exact) mass is 358 g/mol. The van der Waals surface area contributed by atoms with Gasteiger partial charge in [0.15, 0.2) is 0 Å². The van der Waals surface area contributed by atoms with Gasteiger partial charge in [0.2, 0.25) is 5.91 Å². The molecule has 0 spiro atoms. The number of pyridine rings is 1. The Bertz CT molecular complexity index is 1130. The maximum Gasteiger partial charge on any atom is 0.224 e. The van der Waals surface area contributed by atoms with Gasteiger partial charge in [0.1, 0.15) is 5.82 Å². The lowest BCUT2D eigenvalue weighted by molar-refractivity contribution is -0.116. The first-order valence-electron chi connectivity index (χ1n) is 9.19. The Labute approximate surface area is 158 Å². The summed E-state index contributed by atoms with van der Waals surface area (Å²) in [6.45, 7) is 4.80. The molecule has 0 atom stereocenters. The quantitative estimate of drug-likeness (QED) is 0.566. The maximum absolute atomic E-state index is 12.5.